The zero-order valence-corrected chi connectivity index (χ0v) is 15.0. The lowest BCUT2D eigenvalue weighted by atomic mass is 10.1. The fourth-order valence-corrected chi connectivity index (χ4v) is 3.80. The third-order valence-electron chi connectivity index (χ3n) is 4.58. The summed E-state index contributed by atoms with van der Waals surface area (Å²) in [5.74, 6) is 0.715. The summed E-state index contributed by atoms with van der Waals surface area (Å²) in [6, 6.07) is 12.3. The maximum atomic E-state index is 13.0. The van der Waals surface area contributed by atoms with Gasteiger partial charge < -0.3 is 9.80 Å². The van der Waals surface area contributed by atoms with Crippen LogP contribution in [0, 0.1) is 5.82 Å². The van der Waals surface area contributed by atoms with Crippen LogP contribution in [-0.2, 0) is 11.2 Å². The first-order chi connectivity index (χ1) is 12.7. The van der Waals surface area contributed by atoms with Gasteiger partial charge in [0.05, 0.1) is 17.0 Å². The van der Waals surface area contributed by atoms with Crippen molar-refractivity contribution in [1.29, 1.82) is 0 Å². The zero-order chi connectivity index (χ0) is 17.9. The molecule has 1 fully saturated rings. The second-order valence-corrected chi connectivity index (χ2v) is 7.24. The predicted octanol–water partition coefficient (Wildman–Crippen LogP) is 3.17. The van der Waals surface area contributed by atoms with E-state index in [0.29, 0.717) is 19.5 Å². The first kappa shape index (κ1) is 16.8. The fraction of sp³-hybridized carbons (Fsp3) is 0.263. The van der Waals surface area contributed by atoms with Crippen molar-refractivity contribution in [3.63, 3.8) is 0 Å². The van der Waals surface area contributed by atoms with Gasteiger partial charge in [-0.05, 0) is 29.1 Å². The van der Waals surface area contributed by atoms with Crippen molar-refractivity contribution >= 4 is 23.1 Å². The summed E-state index contributed by atoms with van der Waals surface area (Å²) in [5.41, 5.74) is 1.86. The average Bonchev–Trinajstić information content (AvgIpc) is 3.35. The molecule has 26 heavy (non-hydrogen) atoms. The van der Waals surface area contributed by atoms with Gasteiger partial charge >= 0.3 is 0 Å². The number of nitrogens with zero attached hydrogens (tertiary/aromatic N) is 3. The first-order valence-corrected chi connectivity index (χ1v) is 9.43. The van der Waals surface area contributed by atoms with Gasteiger partial charge in [-0.1, -0.05) is 18.2 Å². The van der Waals surface area contributed by atoms with Crippen molar-refractivity contribution in [2.75, 3.05) is 31.1 Å². The number of halogens is 1. The highest BCUT2D eigenvalue weighted by molar-refractivity contribution is 7.13. The van der Waals surface area contributed by atoms with E-state index in [0.717, 1.165) is 35.0 Å². The minimum atomic E-state index is -0.282. The smallest absolute Gasteiger partial charge is 0.227 e. The monoisotopic (exact) mass is 370 g/mol. The molecule has 0 radical (unpaired) electrons. The Morgan fingerprint density at radius 1 is 1.15 bits per heavy atom. The number of benzene rings is 1. The van der Waals surface area contributed by atoms with E-state index < -0.39 is 0 Å². The number of piperazine rings is 1. The molecule has 1 saturated heterocycles. The standard InChI is InChI=1S/C19H19FN4OS/c20-15-5-3-14(4-6-15)12-19(25)24-9-7-23(8-10-24)18-13-16(21-22-18)17-2-1-11-26-17/h1-6,11,13H,7-10,12H2,(H,21,22). The van der Waals surface area contributed by atoms with Gasteiger partial charge in [-0.2, -0.15) is 5.10 Å². The van der Waals surface area contributed by atoms with Gasteiger partial charge in [-0.3, -0.25) is 9.89 Å². The maximum absolute atomic E-state index is 13.0. The molecule has 0 atom stereocenters. The number of nitrogens with one attached hydrogen (secondary N) is 1. The van der Waals surface area contributed by atoms with Crippen LogP contribution in [-0.4, -0.2) is 47.2 Å². The number of hydrogen-bond donors (Lipinski definition) is 1. The molecule has 0 aliphatic carbocycles. The number of rotatable bonds is 4. The summed E-state index contributed by atoms with van der Waals surface area (Å²) in [6.07, 6.45) is 0.311. The first-order valence-electron chi connectivity index (χ1n) is 8.55. The summed E-state index contributed by atoms with van der Waals surface area (Å²) >= 11 is 1.68. The molecule has 0 unspecified atom stereocenters. The lowest BCUT2D eigenvalue weighted by Gasteiger charge is -2.34. The van der Waals surface area contributed by atoms with E-state index in [1.807, 2.05) is 16.3 Å². The molecule has 0 spiro atoms. The van der Waals surface area contributed by atoms with Crippen LogP contribution in [0.5, 0.6) is 0 Å². The largest absolute Gasteiger partial charge is 0.352 e. The Bertz CT molecular complexity index is 867. The van der Waals surface area contributed by atoms with E-state index in [4.69, 9.17) is 0 Å². The molecule has 2 aromatic heterocycles. The van der Waals surface area contributed by atoms with Gasteiger partial charge in [0.2, 0.25) is 5.91 Å². The minimum absolute atomic E-state index is 0.0811. The Hall–Kier alpha value is -2.67. The zero-order valence-electron chi connectivity index (χ0n) is 14.2. The van der Waals surface area contributed by atoms with E-state index in [1.165, 1.54) is 12.1 Å². The number of amides is 1. The van der Waals surface area contributed by atoms with Crippen molar-refractivity contribution in [1.82, 2.24) is 15.1 Å². The maximum Gasteiger partial charge on any atom is 0.227 e. The highest BCUT2D eigenvalue weighted by Crippen LogP contribution is 2.26. The van der Waals surface area contributed by atoms with Crippen LogP contribution in [0.2, 0.25) is 0 Å². The summed E-state index contributed by atoms with van der Waals surface area (Å²) in [4.78, 5) is 17.7. The molecule has 1 N–H and O–H groups in total. The van der Waals surface area contributed by atoms with Crippen molar-refractivity contribution < 1.29 is 9.18 Å². The molecule has 134 valence electrons. The van der Waals surface area contributed by atoms with Crippen molar-refractivity contribution in [3.8, 4) is 10.6 Å². The molecule has 1 aliphatic heterocycles. The summed E-state index contributed by atoms with van der Waals surface area (Å²) < 4.78 is 13.0. The van der Waals surface area contributed by atoms with Crippen LogP contribution >= 0.6 is 11.3 Å². The van der Waals surface area contributed by atoms with Crippen LogP contribution in [0.15, 0.2) is 47.8 Å². The molecule has 5 nitrogen and oxygen atoms in total. The summed E-state index contributed by atoms with van der Waals surface area (Å²) in [7, 11) is 0. The number of carbonyl (C=O) groups is 1. The van der Waals surface area contributed by atoms with Gasteiger partial charge in [-0.15, -0.1) is 11.3 Å². The number of aromatic amines is 1. The third-order valence-corrected chi connectivity index (χ3v) is 5.48. The Morgan fingerprint density at radius 3 is 2.62 bits per heavy atom. The Balaban J connectivity index is 1.33. The molecule has 3 aromatic rings. The van der Waals surface area contributed by atoms with Gasteiger partial charge in [-0.25, -0.2) is 4.39 Å². The molecular weight excluding hydrogens is 351 g/mol. The molecule has 1 amide bonds. The number of H-pyrrole nitrogens is 1. The van der Waals surface area contributed by atoms with Gasteiger partial charge in [0.15, 0.2) is 5.82 Å². The minimum Gasteiger partial charge on any atom is -0.352 e. The highest BCUT2D eigenvalue weighted by Gasteiger charge is 2.22. The number of thiophene rings is 1. The number of anilines is 1. The Morgan fingerprint density at radius 2 is 1.92 bits per heavy atom. The third kappa shape index (κ3) is 3.62. The van der Waals surface area contributed by atoms with Gasteiger partial charge in [0, 0.05) is 32.2 Å². The van der Waals surface area contributed by atoms with Crippen molar-refractivity contribution in [2.24, 2.45) is 0 Å². The number of hydrogen-bond acceptors (Lipinski definition) is 4. The summed E-state index contributed by atoms with van der Waals surface area (Å²) in [6.45, 7) is 2.84. The highest BCUT2D eigenvalue weighted by atomic mass is 32.1. The van der Waals surface area contributed by atoms with Crippen LogP contribution in [0.25, 0.3) is 10.6 Å². The fourth-order valence-electron chi connectivity index (χ4n) is 3.10. The Kier molecular flexibility index (Phi) is 4.71. The molecule has 1 aromatic carbocycles. The van der Waals surface area contributed by atoms with Gasteiger partial charge in [0.25, 0.3) is 0 Å². The molecule has 3 heterocycles. The number of carbonyl (C=O) groups excluding carboxylic acids is 1. The van der Waals surface area contributed by atoms with E-state index in [1.54, 1.807) is 23.5 Å². The topological polar surface area (TPSA) is 52.2 Å². The van der Waals surface area contributed by atoms with Gasteiger partial charge in [0.1, 0.15) is 5.82 Å². The van der Waals surface area contributed by atoms with Crippen LogP contribution in [0.4, 0.5) is 10.2 Å². The lowest BCUT2D eigenvalue weighted by molar-refractivity contribution is -0.130. The van der Waals surface area contributed by atoms with Crippen LogP contribution in [0.3, 0.4) is 0 Å². The normalized spacial score (nSPS) is 14.7. The van der Waals surface area contributed by atoms with Crippen LogP contribution < -0.4 is 4.90 Å². The molecule has 4 rings (SSSR count). The van der Waals surface area contributed by atoms with Crippen molar-refractivity contribution in [3.05, 3.63) is 59.2 Å². The van der Waals surface area contributed by atoms with E-state index >= 15 is 0 Å². The molecule has 1 aliphatic rings. The molecule has 0 bridgehead atoms. The molecule has 0 saturated carbocycles. The second kappa shape index (κ2) is 7.29. The summed E-state index contributed by atoms with van der Waals surface area (Å²) in [5, 5.41) is 9.54. The predicted molar refractivity (Wildman–Crippen MR) is 101 cm³/mol. The second-order valence-electron chi connectivity index (χ2n) is 6.29. The number of aromatic nitrogens is 2. The SMILES string of the molecule is O=C(Cc1ccc(F)cc1)N1CCN(c2cc(-c3cccs3)[nH]n2)CC1. The quantitative estimate of drug-likeness (QED) is 0.768. The van der Waals surface area contributed by atoms with Crippen LogP contribution in [0.1, 0.15) is 5.56 Å². The van der Waals surface area contributed by atoms with Crippen molar-refractivity contribution in [2.45, 2.75) is 6.42 Å². The average molecular weight is 370 g/mol. The van der Waals surface area contributed by atoms with E-state index in [9.17, 15) is 9.18 Å². The Labute approximate surface area is 155 Å². The van der Waals surface area contributed by atoms with E-state index in [2.05, 4.69) is 27.2 Å². The molecular formula is C19H19FN4OS. The lowest BCUT2D eigenvalue weighted by Crippen LogP contribution is -2.49. The molecule has 7 heteroatoms. The van der Waals surface area contributed by atoms with E-state index in [-0.39, 0.29) is 11.7 Å².